The van der Waals surface area contributed by atoms with Gasteiger partial charge < -0.3 is 10.6 Å². The number of hydrogen-bond donors (Lipinski definition) is 2. The molecule has 0 aromatic rings. The molecule has 2 fully saturated rings. The number of carbonyl (C=O) groups excluding carboxylic acids is 1. The first kappa shape index (κ1) is 10.9. The summed E-state index contributed by atoms with van der Waals surface area (Å²) in [6.45, 7) is 3.27. The molecule has 3 heteroatoms. The minimum absolute atomic E-state index is 0.105. The van der Waals surface area contributed by atoms with Crippen LogP contribution in [0.2, 0.25) is 0 Å². The normalized spacial score (nSPS) is 35.7. The molecule has 3 nitrogen and oxygen atoms in total. The van der Waals surface area contributed by atoms with Crippen LogP contribution in [0.15, 0.2) is 0 Å². The van der Waals surface area contributed by atoms with Crippen LogP contribution in [0.4, 0.5) is 0 Å². The van der Waals surface area contributed by atoms with Gasteiger partial charge in [0, 0.05) is 6.04 Å². The Hall–Kier alpha value is -0.570. The first-order valence-corrected chi connectivity index (χ1v) is 6.33. The van der Waals surface area contributed by atoms with Crippen molar-refractivity contribution < 1.29 is 4.79 Å². The predicted octanol–water partition coefficient (Wildman–Crippen LogP) is 1.43. The summed E-state index contributed by atoms with van der Waals surface area (Å²) >= 11 is 0. The molecule has 0 aromatic carbocycles. The third kappa shape index (κ3) is 2.71. The third-order valence-electron chi connectivity index (χ3n) is 3.91. The molecule has 1 saturated carbocycles. The molecule has 1 saturated heterocycles. The standard InChI is InChI=1S/C12H22N2O/c1-2-9-3-5-10(6-4-9)14-12(15)11-7-8-13-11/h9-11,13H,2-8H2,1H3,(H,14,15)/t9?,10?,11-/m1/s1. The number of hydrogen-bond acceptors (Lipinski definition) is 2. The van der Waals surface area contributed by atoms with Crippen LogP contribution >= 0.6 is 0 Å². The van der Waals surface area contributed by atoms with Gasteiger partial charge in [0.05, 0.1) is 6.04 Å². The van der Waals surface area contributed by atoms with Crippen molar-refractivity contribution in [3.63, 3.8) is 0 Å². The van der Waals surface area contributed by atoms with Gasteiger partial charge in [-0.15, -0.1) is 0 Å². The second-order valence-corrected chi connectivity index (χ2v) is 4.93. The lowest BCUT2D eigenvalue weighted by Crippen LogP contribution is -2.55. The van der Waals surface area contributed by atoms with Crippen molar-refractivity contribution in [1.82, 2.24) is 10.6 Å². The van der Waals surface area contributed by atoms with Crippen molar-refractivity contribution in [2.24, 2.45) is 5.92 Å². The molecule has 2 N–H and O–H groups in total. The van der Waals surface area contributed by atoms with Gasteiger partial charge in [-0.3, -0.25) is 4.79 Å². The maximum atomic E-state index is 11.7. The highest BCUT2D eigenvalue weighted by Crippen LogP contribution is 2.26. The Balaban J connectivity index is 1.69. The molecule has 15 heavy (non-hydrogen) atoms. The smallest absolute Gasteiger partial charge is 0.237 e. The van der Waals surface area contributed by atoms with Crippen molar-refractivity contribution in [2.45, 2.75) is 57.5 Å². The van der Waals surface area contributed by atoms with Crippen LogP contribution in [0.1, 0.15) is 45.4 Å². The van der Waals surface area contributed by atoms with Gasteiger partial charge >= 0.3 is 0 Å². The summed E-state index contributed by atoms with van der Waals surface area (Å²) in [5, 5.41) is 6.31. The van der Waals surface area contributed by atoms with E-state index in [4.69, 9.17) is 0 Å². The van der Waals surface area contributed by atoms with E-state index in [1.165, 1.54) is 32.1 Å². The molecule has 1 aliphatic heterocycles. The molecule has 1 aliphatic carbocycles. The van der Waals surface area contributed by atoms with Gasteiger partial charge in [0.25, 0.3) is 0 Å². The number of rotatable bonds is 3. The average Bonchev–Trinajstić information content (AvgIpc) is 2.16. The van der Waals surface area contributed by atoms with Crippen LogP contribution in [0.25, 0.3) is 0 Å². The Bertz CT molecular complexity index is 218. The van der Waals surface area contributed by atoms with Gasteiger partial charge in [-0.2, -0.15) is 0 Å². The summed E-state index contributed by atoms with van der Waals surface area (Å²) in [5.41, 5.74) is 0. The van der Waals surface area contributed by atoms with E-state index < -0.39 is 0 Å². The van der Waals surface area contributed by atoms with Crippen molar-refractivity contribution >= 4 is 5.91 Å². The summed E-state index contributed by atoms with van der Waals surface area (Å²) in [6.07, 6.45) is 7.24. The fourth-order valence-corrected chi connectivity index (χ4v) is 2.53. The van der Waals surface area contributed by atoms with Crippen LogP contribution in [-0.2, 0) is 4.79 Å². The molecule has 1 amide bonds. The quantitative estimate of drug-likeness (QED) is 0.740. The van der Waals surface area contributed by atoms with E-state index in [0.29, 0.717) is 6.04 Å². The van der Waals surface area contributed by atoms with E-state index >= 15 is 0 Å². The first-order valence-electron chi connectivity index (χ1n) is 6.33. The third-order valence-corrected chi connectivity index (χ3v) is 3.91. The van der Waals surface area contributed by atoms with Crippen LogP contribution < -0.4 is 10.6 Å². The molecule has 0 bridgehead atoms. The zero-order chi connectivity index (χ0) is 10.7. The Kier molecular flexibility index (Phi) is 3.62. The van der Waals surface area contributed by atoms with Crippen molar-refractivity contribution in [1.29, 1.82) is 0 Å². The van der Waals surface area contributed by atoms with E-state index in [2.05, 4.69) is 17.6 Å². The van der Waals surface area contributed by atoms with Crippen molar-refractivity contribution in [2.75, 3.05) is 6.54 Å². The lowest BCUT2D eigenvalue weighted by molar-refractivity contribution is -0.125. The maximum Gasteiger partial charge on any atom is 0.237 e. The van der Waals surface area contributed by atoms with E-state index in [1.54, 1.807) is 0 Å². The van der Waals surface area contributed by atoms with Gasteiger partial charge in [-0.1, -0.05) is 13.3 Å². The number of amides is 1. The lowest BCUT2D eigenvalue weighted by atomic mass is 9.84. The maximum absolute atomic E-state index is 11.7. The van der Waals surface area contributed by atoms with Crippen LogP contribution in [0, 0.1) is 5.92 Å². The highest BCUT2D eigenvalue weighted by molar-refractivity contribution is 5.82. The summed E-state index contributed by atoms with van der Waals surface area (Å²) in [7, 11) is 0. The molecule has 1 atom stereocenters. The van der Waals surface area contributed by atoms with Gasteiger partial charge in [-0.05, 0) is 44.6 Å². The molecule has 86 valence electrons. The molecule has 0 radical (unpaired) electrons. The highest BCUT2D eigenvalue weighted by atomic mass is 16.2. The molecule has 0 spiro atoms. The minimum atomic E-state index is 0.105. The van der Waals surface area contributed by atoms with Crippen LogP contribution in [0.3, 0.4) is 0 Å². The molecule has 1 heterocycles. The Morgan fingerprint density at radius 3 is 2.40 bits per heavy atom. The Morgan fingerprint density at radius 1 is 1.27 bits per heavy atom. The van der Waals surface area contributed by atoms with E-state index in [0.717, 1.165) is 18.9 Å². The van der Waals surface area contributed by atoms with Crippen LogP contribution in [-0.4, -0.2) is 24.5 Å². The summed E-state index contributed by atoms with van der Waals surface area (Å²) < 4.78 is 0. The fourth-order valence-electron chi connectivity index (χ4n) is 2.53. The van der Waals surface area contributed by atoms with Gasteiger partial charge in [0.2, 0.25) is 5.91 Å². The fraction of sp³-hybridized carbons (Fsp3) is 0.917. The summed E-state index contributed by atoms with van der Waals surface area (Å²) in [5.74, 6) is 1.13. The largest absolute Gasteiger partial charge is 0.352 e. The molecule has 2 aliphatic rings. The van der Waals surface area contributed by atoms with E-state index in [9.17, 15) is 4.79 Å². The average molecular weight is 210 g/mol. The summed E-state index contributed by atoms with van der Waals surface area (Å²) in [6, 6.07) is 0.552. The van der Waals surface area contributed by atoms with Crippen molar-refractivity contribution in [3.8, 4) is 0 Å². The van der Waals surface area contributed by atoms with Gasteiger partial charge in [0.1, 0.15) is 0 Å². The zero-order valence-corrected chi connectivity index (χ0v) is 9.59. The van der Waals surface area contributed by atoms with E-state index in [1.807, 2.05) is 0 Å². The highest BCUT2D eigenvalue weighted by Gasteiger charge is 2.27. The predicted molar refractivity (Wildman–Crippen MR) is 60.6 cm³/mol. The first-order chi connectivity index (χ1) is 7.29. The summed E-state index contributed by atoms with van der Waals surface area (Å²) in [4.78, 5) is 11.7. The van der Waals surface area contributed by atoms with E-state index in [-0.39, 0.29) is 11.9 Å². The second kappa shape index (κ2) is 4.97. The minimum Gasteiger partial charge on any atom is -0.352 e. The topological polar surface area (TPSA) is 41.1 Å². The molecule has 0 aromatic heterocycles. The van der Waals surface area contributed by atoms with Gasteiger partial charge in [-0.25, -0.2) is 0 Å². The monoisotopic (exact) mass is 210 g/mol. The Labute approximate surface area is 92.0 Å². The molecule has 0 unspecified atom stereocenters. The molecule has 2 rings (SSSR count). The SMILES string of the molecule is CCC1CCC(NC(=O)[C@H]2CCN2)CC1. The Morgan fingerprint density at radius 2 is 1.93 bits per heavy atom. The van der Waals surface area contributed by atoms with Crippen LogP contribution in [0.5, 0.6) is 0 Å². The molecular formula is C12H22N2O. The van der Waals surface area contributed by atoms with Gasteiger partial charge in [0.15, 0.2) is 0 Å². The number of nitrogens with one attached hydrogen (secondary N) is 2. The second-order valence-electron chi connectivity index (χ2n) is 4.93. The number of carbonyl (C=O) groups is 1. The van der Waals surface area contributed by atoms with Crippen molar-refractivity contribution in [3.05, 3.63) is 0 Å². The zero-order valence-electron chi connectivity index (χ0n) is 9.59. The molecular weight excluding hydrogens is 188 g/mol. The lowest BCUT2D eigenvalue weighted by Gasteiger charge is -2.32.